The van der Waals surface area contributed by atoms with Crippen molar-refractivity contribution in [2.24, 2.45) is 7.05 Å². The maximum Gasteiger partial charge on any atom is 0.332 e. The van der Waals surface area contributed by atoms with Crippen molar-refractivity contribution in [3.63, 3.8) is 0 Å². The lowest BCUT2D eigenvalue weighted by Gasteiger charge is -2.13. The van der Waals surface area contributed by atoms with E-state index in [0.29, 0.717) is 39.8 Å². The summed E-state index contributed by atoms with van der Waals surface area (Å²) < 4.78 is 26.1. The minimum absolute atomic E-state index is 0.0325. The third-order valence-electron chi connectivity index (χ3n) is 5.69. The average molecular weight is 545 g/mol. The maximum absolute atomic E-state index is 13.6. The molecular formula is C24H25BrN4O6. The number of imidazole rings is 1. The van der Waals surface area contributed by atoms with Gasteiger partial charge in [-0.05, 0) is 51.3 Å². The second-order valence-corrected chi connectivity index (χ2v) is 8.52. The molecule has 0 aliphatic rings. The Morgan fingerprint density at radius 1 is 0.743 bits per heavy atom. The highest BCUT2D eigenvalue weighted by molar-refractivity contribution is 9.10. The van der Waals surface area contributed by atoms with Gasteiger partial charge in [-0.1, -0.05) is 0 Å². The molecular weight excluding hydrogens is 520 g/mol. The van der Waals surface area contributed by atoms with Gasteiger partial charge in [-0.3, -0.25) is 13.9 Å². The summed E-state index contributed by atoms with van der Waals surface area (Å²) in [6.45, 7) is 0.329. The van der Waals surface area contributed by atoms with Crippen LogP contribution < -0.4 is 30.2 Å². The van der Waals surface area contributed by atoms with E-state index in [0.717, 1.165) is 5.56 Å². The lowest BCUT2D eigenvalue weighted by molar-refractivity contribution is 0.393. The summed E-state index contributed by atoms with van der Waals surface area (Å²) >= 11 is 3.45. The van der Waals surface area contributed by atoms with E-state index in [1.807, 2.05) is 12.1 Å². The number of benzene rings is 2. The highest BCUT2D eigenvalue weighted by Gasteiger charge is 2.20. The van der Waals surface area contributed by atoms with E-state index in [-0.39, 0.29) is 17.7 Å². The van der Waals surface area contributed by atoms with E-state index in [1.165, 1.54) is 9.13 Å². The van der Waals surface area contributed by atoms with Gasteiger partial charge in [0.1, 0.15) is 23.0 Å². The SMILES string of the molecule is COc1cc(Cn2c(=O)c3c(nc(Br)n3Cc3cc(OC)cc(OC)c3)n(C)c2=O)cc(OC)c1. The summed E-state index contributed by atoms with van der Waals surface area (Å²) in [6, 6.07) is 10.7. The molecule has 0 fully saturated rings. The number of aryl methyl sites for hydroxylation is 1. The lowest BCUT2D eigenvalue weighted by atomic mass is 10.2. The molecule has 2 heterocycles. The molecule has 0 saturated carbocycles. The van der Waals surface area contributed by atoms with Gasteiger partial charge in [0.15, 0.2) is 15.9 Å². The van der Waals surface area contributed by atoms with Gasteiger partial charge in [0.25, 0.3) is 5.56 Å². The molecule has 0 unspecified atom stereocenters. The quantitative estimate of drug-likeness (QED) is 0.314. The van der Waals surface area contributed by atoms with Gasteiger partial charge < -0.3 is 23.5 Å². The van der Waals surface area contributed by atoms with Gasteiger partial charge >= 0.3 is 5.69 Å². The second-order valence-electron chi connectivity index (χ2n) is 7.81. The number of halogens is 1. The average Bonchev–Trinajstić information content (AvgIpc) is 3.20. The standard InChI is InChI=1S/C24H25BrN4O6/c1-27-21-20(28(23(25)26-21)12-14-6-16(32-2)10-17(7-14)33-3)22(30)29(24(27)31)13-15-8-18(34-4)11-19(9-15)35-5/h6-11H,12-13H2,1-5H3. The van der Waals surface area contributed by atoms with Gasteiger partial charge in [0.2, 0.25) is 0 Å². The zero-order valence-corrected chi connectivity index (χ0v) is 21.6. The molecule has 4 rings (SSSR count). The maximum atomic E-state index is 13.6. The first-order valence-corrected chi connectivity index (χ1v) is 11.4. The van der Waals surface area contributed by atoms with Crippen LogP contribution in [0.3, 0.4) is 0 Å². The van der Waals surface area contributed by atoms with Crippen molar-refractivity contribution in [1.29, 1.82) is 0 Å². The number of aromatic nitrogens is 4. The Morgan fingerprint density at radius 2 is 1.17 bits per heavy atom. The Labute approximate surface area is 209 Å². The number of methoxy groups -OCH3 is 4. The first kappa shape index (κ1) is 24.4. The molecule has 184 valence electrons. The summed E-state index contributed by atoms with van der Waals surface area (Å²) in [7, 11) is 7.82. The Kier molecular flexibility index (Phi) is 6.88. The van der Waals surface area contributed by atoms with Crippen molar-refractivity contribution in [3.8, 4) is 23.0 Å². The predicted molar refractivity (Wildman–Crippen MR) is 134 cm³/mol. The van der Waals surface area contributed by atoms with Crippen molar-refractivity contribution in [3.05, 3.63) is 73.1 Å². The van der Waals surface area contributed by atoms with Gasteiger partial charge in [0, 0.05) is 19.2 Å². The third-order valence-corrected chi connectivity index (χ3v) is 6.30. The van der Waals surface area contributed by atoms with E-state index < -0.39 is 11.2 Å². The van der Waals surface area contributed by atoms with Crippen molar-refractivity contribution >= 4 is 27.1 Å². The topological polar surface area (TPSA) is 98.7 Å². The minimum atomic E-state index is -0.482. The lowest BCUT2D eigenvalue weighted by Crippen LogP contribution is -2.40. The van der Waals surface area contributed by atoms with Crippen LogP contribution in [0.1, 0.15) is 11.1 Å². The summed E-state index contributed by atoms with van der Waals surface area (Å²) in [4.78, 5) is 31.2. The first-order valence-electron chi connectivity index (χ1n) is 10.6. The first-order chi connectivity index (χ1) is 16.8. The van der Waals surface area contributed by atoms with Gasteiger partial charge in [0.05, 0.1) is 41.5 Å². The van der Waals surface area contributed by atoms with E-state index in [4.69, 9.17) is 18.9 Å². The predicted octanol–water partition coefficient (Wildman–Crippen LogP) is 2.79. The fourth-order valence-corrected chi connectivity index (χ4v) is 4.38. The van der Waals surface area contributed by atoms with Crippen molar-refractivity contribution in [1.82, 2.24) is 18.7 Å². The number of fused-ring (bicyclic) bond motifs is 1. The number of hydrogen-bond donors (Lipinski definition) is 0. The minimum Gasteiger partial charge on any atom is -0.497 e. The fraction of sp³-hybridized carbons (Fsp3) is 0.292. The van der Waals surface area contributed by atoms with E-state index >= 15 is 0 Å². The molecule has 0 bridgehead atoms. The molecule has 0 N–H and O–H groups in total. The second kappa shape index (κ2) is 9.87. The molecule has 11 heteroatoms. The highest BCUT2D eigenvalue weighted by atomic mass is 79.9. The Morgan fingerprint density at radius 3 is 1.60 bits per heavy atom. The number of nitrogens with zero attached hydrogens (tertiary/aromatic N) is 4. The van der Waals surface area contributed by atoms with Gasteiger partial charge in [-0.2, -0.15) is 0 Å². The summed E-state index contributed by atoms with van der Waals surface area (Å²) in [5.74, 6) is 2.36. The van der Waals surface area contributed by atoms with Crippen molar-refractivity contribution in [2.75, 3.05) is 28.4 Å². The monoisotopic (exact) mass is 544 g/mol. The third kappa shape index (κ3) is 4.63. The van der Waals surface area contributed by atoms with Crippen molar-refractivity contribution < 1.29 is 18.9 Å². The van der Waals surface area contributed by atoms with Gasteiger partial charge in [-0.25, -0.2) is 9.78 Å². The molecule has 0 amide bonds. The van der Waals surface area contributed by atoms with E-state index in [9.17, 15) is 9.59 Å². The summed E-state index contributed by atoms with van der Waals surface area (Å²) in [6.07, 6.45) is 0. The van der Waals surface area contributed by atoms with Crippen LogP contribution in [0.2, 0.25) is 0 Å². The zero-order valence-electron chi connectivity index (χ0n) is 20.0. The Balaban J connectivity index is 1.87. The molecule has 0 saturated heterocycles. The van der Waals surface area contributed by atoms with Crippen LogP contribution in [0.25, 0.3) is 11.2 Å². The van der Waals surface area contributed by atoms with Crippen LogP contribution >= 0.6 is 15.9 Å². The van der Waals surface area contributed by atoms with Crippen LogP contribution in [0.15, 0.2) is 50.7 Å². The van der Waals surface area contributed by atoms with Gasteiger partial charge in [-0.15, -0.1) is 0 Å². The Bertz CT molecular complexity index is 1480. The largest absolute Gasteiger partial charge is 0.497 e. The number of rotatable bonds is 8. The number of ether oxygens (including phenoxy) is 4. The molecule has 35 heavy (non-hydrogen) atoms. The molecule has 0 aliphatic carbocycles. The fourth-order valence-electron chi connectivity index (χ4n) is 3.91. The van der Waals surface area contributed by atoms with Crippen LogP contribution in [0.4, 0.5) is 0 Å². The van der Waals surface area contributed by atoms with Crippen LogP contribution in [0.5, 0.6) is 23.0 Å². The Hall–Kier alpha value is -3.73. The van der Waals surface area contributed by atoms with Crippen molar-refractivity contribution in [2.45, 2.75) is 13.1 Å². The molecule has 2 aromatic heterocycles. The van der Waals surface area contributed by atoms with Crippen LogP contribution in [-0.2, 0) is 20.1 Å². The molecule has 0 radical (unpaired) electrons. The number of hydrogen-bond acceptors (Lipinski definition) is 7. The van der Waals surface area contributed by atoms with Crippen LogP contribution in [0, 0.1) is 0 Å². The molecule has 4 aromatic rings. The van der Waals surface area contributed by atoms with E-state index in [2.05, 4.69) is 20.9 Å². The summed E-state index contributed by atoms with van der Waals surface area (Å²) in [5, 5.41) is 0. The molecule has 2 aromatic carbocycles. The normalized spacial score (nSPS) is 11.0. The molecule has 0 aliphatic heterocycles. The summed E-state index contributed by atoms with van der Waals surface area (Å²) in [5.41, 5.74) is 1.14. The smallest absolute Gasteiger partial charge is 0.332 e. The molecule has 0 atom stereocenters. The molecule has 10 nitrogen and oxygen atoms in total. The highest BCUT2D eigenvalue weighted by Crippen LogP contribution is 2.26. The molecule has 0 spiro atoms. The van der Waals surface area contributed by atoms with Crippen LogP contribution in [-0.4, -0.2) is 47.1 Å². The van der Waals surface area contributed by atoms with E-state index in [1.54, 1.807) is 64.3 Å². The zero-order chi connectivity index (χ0) is 25.3.